The zero-order chi connectivity index (χ0) is 19.3. The summed E-state index contributed by atoms with van der Waals surface area (Å²) in [5.41, 5.74) is 5.68. The predicted octanol–water partition coefficient (Wildman–Crippen LogP) is 3.11. The van der Waals surface area contributed by atoms with E-state index in [2.05, 4.69) is 5.32 Å². The second-order valence-corrected chi connectivity index (χ2v) is 6.16. The van der Waals surface area contributed by atoms with Crippen LogP contribution < -0.4 is 11.1 Å². The van der Waals surface area contributed by atoms with E-state index in [4.69, 9.17) is 17.3 Å². The number of nitrogens with one attached hydrogen (secondary N) is 1. The maximum absolute atomic E-state index is 12.5. The fourth-order valence-electron chi connectivity index (χ4n) is 2.32. The fraction of sp³-hybridized carbons (Fsp3) is 0.222. The lowest BCUT2D eigenvalue weighted by Gasteiger charge is -2.16. The monoisotopic (exact) mass is 384 g/mol. The number of carbonyl (C=O) groups is 2. The summed E-state index contributed by atoms with van der Waals surface area (Å²) < 4.78 is 37.6. The van der Waals surface area contributed by atoms with Gasteiger partial charge in [-0.15, -0.1) is 0 Å². The Morgan fingerprint density at radius 3 is 2.04 bits per heavy atom. The summed E-state index contributed by atoms with van der Waals surface area (Å²) in [4.78, 5) is 23.7. The molecule has 26 heavy (non-hydrogen) atoms. The average molecular weight is 385 g/mol. The number of nitrogens with two attached hydrogens (primary N) is 1. The van der Waals surface area contributed by atoms with Crippen LogP contribution in [0.1, 0.15) is 16.7 Å². The molecule has 138 valence electrons. The lowest BCUT2D eigenvalue weighted by atomic mass is 10.0. The standard InChI is InChI=1S/C18H16ClF3N2O2/c19-14-7-3-11(4-8-14)9-15(17(23)26)24-16(25)10-12-1-5-13(6-2-12)18(20,21)22/h1-8,15H,9-10H2,(H2,23,26)(H,24,25)/t15-/m0/s1. The van der Waals surface area contributed by atoms with Gasteiger partial charge in [0.2, 0.25) is 11.8 Å². The van der Waals surface area contributed by atoms with Crippen molar-refractivity contribution >= 4 is 23.4 Å². The molecule has 4 nitrogen and oxygen atoms in total. The molecule has 8 heteroatoms. The van der Waals surface area contributed by atoms with Gasteiger partial charge in [-0.1, -0.05) is 35.9 Å². The third-order valence-corrected chi connectivity index (χ3v) is 3.93. The molecule has 0 radical (unpaired) electrons. The van der Waals surface area contributed by atoms with Gasteiger partial charge >= 0.3 is 6.18 Å². The van der Waals surface area contributed by atoms with E-state index in [9.17, 15) is 22.8 Å². The van der Waals surface area contributed by atoms with Gasteiger partial charge in [0.05, 0.1) is 12.0 Å². The molecule has 3 N–H and O–H groups in total. The number of carbonyl (C=O) groups excluding carboxylic acids is 2. The molecule has 0 aliphatic rings. The smallest absolute Gasteiger partial charge is 0.368 e. The summed E-state index contributed by atoms with van der Waals surface area (Å²) in [6, 6.07) is 10.0. The largest absolute Gasteiger partial charge is 0.416 e. The van der Waals surface area contributed by atoms with E-state index in [1.54, 1.807) is 24.3 Å². The number of amides is 2. The maximum Gasteiger partial charge on any atom is 0.416 e. The molecule has 0 aromatic heterocycles. The van der Waals surface area contributed by atoms with E-state index >= 15 is 0 Å². The lowest BCUT2D eigenvalue weighted by Crippen LogP contribution is -2.46. The van der Waals surface area contributed by atoms with Crippen molar-refractivity contribution in [3.8, 4) is 0 Å². The van der Waals surface area contributed by atoms with Crippen LogP contribution in [0.2, 0.25) is 5.02 Å². The van der Waals surface area contributed by atoms with Gasteiger partial charge in [0.15, 0.2) is 0 Å². The molecule has 0 saturated carbocycles. The molecule has 2 aromatic rings. The van der Waals surface area contributed by atoms with Gasteiger partial charge in [0.1, 0.15) is 6.04 Å². The summed E-state index contributed by atoms with van der Waals surface area (Å²) in [5.74, 6) is -1.22. The molecule has 0 aliphatic carbocycles. The van der Waals surface area contributed by atoms with E-state index in [1.807, 2.05) is 0 Å². The van der Waals surface area contributed by atoms with Crippen LogP contribution in [-0.2, 0) is 28.6 Å². The highest BCUT2D eigenvalue weighted by Gasteiger charge is 2.30. The number of benzene rings is 2. The highest BCUT2D eigenvalue weighted by atomic mass is 35.5. The zero-order valence-corrected chi connectivity index (χ0v) is 14.3. The summed E-state index contributed by atoms with van der Waals surface area (Å²) >= 11 is 5.79. The molecule has 0 bridgehead atoms. The number of alkyl halides is 3. The van der Waals surface area contributed by atoms with Crippen LogP contribution in [0.25, 0.3) is 0 Å². The van der Waals surface area contributed by atoms with Crippen LogP contribution in [0.15, 0.2) is 48.5 Å². The predicted molar refractivity (Wildman–Crippen MR) is 91.4 cm³/mol. The Morgan fingerprint density at radius 1 is 1.00 bits per heavy atom. The van der Waals surface area contributed by atoms with Crippen LogP contribution in [0, 0.1) is 0 Å². The van der Waals surface area contributed by atoms with Crippen LogP contribution in [-0.4, -0.2) is 17.9 Å². The molecule has 0 saturated heterocycles. The van der Waals surface area contributed by atoms with E-state index in [1.165, 1.54) is 12.1 Å². The van der Waals surface area contributed by atoms with Crippen molar-refractivity contribution in [3.05, 3.63) is 70.2 Å². The van der Waals surface area contributed by atoms with Crippen molar-refractivity contribution in [1.82, 2.24) is 5.32 Å². The Bertz CT molecular complexity index is 775. The van der Waals surface area contributed by atoms with Gasteiger partial charge in [-0.3, -0.25) is 9.59 Å². The first kappa shape index (κ1) is 19.8. The second-order valence-electron chi connectivity index (χ2n) is 5.72. The Kier molecular flexibility index (Phi) is 6.26. The van der Waals surface area contributed by atoms with E-state index < -0.39 is 29.6 Å². The SMILES string of the molecule is NC(=O)[C@H](Cc1ccc(Cl)cc1)NC(=O)Cc1ccc(C(F)(F)F)cc1. The topological polar surface area (TPSA) is 72.2 Å². The van der Waals surface area contributed by atoms with Crippen molar-refractivity contribution < 1.29 is 22.8 Å². The summed E-state index contributed by atoms with van der Waals surface area (Å²) in [5, 5.41) is 3.04. The normalized spacial score (nSPS) is 12.5. The van der Waals surface area contributed by atoms with Gasteiger partial charge < -0.3 is 11.1 Å². The molecular weight excluding hydrogens is 369 g/mol. The first-order valence-corrected chi connectivity index (χ1v) is 8.02. The third-order valence-electron chi connectivity index (χ3n) is 3.68. The Hall–Kier alpha value is -2.54. The zero-order valence-electron chi connectivity index (χ0n) is 13.5. The first-order chi connectivity index (χ1) is 12.1. The van der Waals surface area contributed by atoms with Gasteiger partial charge in [-0.05, 0) is 35.4 Å². The molecule has 0 spiro atoms. The number of hydrogen-bond donors (Lipinski definition) is 2. The van der Waals surface area contributed by atoms with Crippen LogP contribution >= 0.6 is 11.6 Å². The molecular formula is C18H16ClF3N2O2. The van der Waals surface area contributed by atoms with Crippen molar-refractivity contribution in [1.29, 1.82) is 0 Å². The van der Waals surface area contributed by atoms with Crippen LogP contribution in [0.4, 0.5) is 13.2 Å². The number of halogens is 4. The molecule has 0 fully saturated rings. The minimum Gasteiger partial charge on any atom is -0.368 e. The van der Waals surface area contributed by atoms with Crippen molar-refractivity contribution in [2.75, 3.05) is 0 Å². The van der Waals surface area contributed by atoms with Crippen molar-refractivity contribution in [2.24, 2.45) is 5.73 Å². The van der Waals surface area contributed by atoms with Crippen LogP contribution in [0.5, 0.6) is 0 Å². The lowest BCUT2D eigenvalue weighted by molar-refractivity contribution is -0.137. The second kappa shape index (κ2) is 8.23. The van der Waals surface area contributed by atoms with Crippen LogP contribution in [0.3, 0.4) is 0 Å². The molecule has 2 amide bonds. The number of hydrogen-bond acceptors (Lipinski definition) is 2. The first-order valence-electron chi connectivity index (χ1n) is 7.64. The molecule has 2 aromatic carbocycles. The van der Waals surface area contributed by atoms with Gasteiger partial charge in [0, 0.05) is 11.4 Å². The van der Waals surface area contributed by atoms with Gasteiger partial charge in [-0.2, -0.15) is 13.2 Å². The van der Waals surface area contributed by atoms with E-state index in [0.717, 1.165) is 17.7 Å². The Balaban J connectivity index is 1.99. The minimum absolute atomic E-state index is 0.164. The minimum atomic E-state index is -4.43. The van der Waals surface area contributed by atoms with Gasteiger partial charge in [0.25, 0.3) is 0 Å². The van der Waals surface area contributed by atoms with Crippen molar-refractivity contribution in [2.45, 2.75) is 25.1 Å². The Morgan fingerprint density at radius 2 is 1.54 bits per heavy atom. The van der Waals surface area contributed by atoms with Crippen molar-refractivity contribution in [3.63, 3.8) is 0 Å². The summed E-state index contributed by atoms with van der Waals surface area (Å²) in [6.45, 7) is 0. The maximum atomic E-state index is 12.5. The molecule has 0 heterocycles. The number of primary amides is 1. The van der Waals surface area contributed by atoms with E-state index in [-0.39, 0.29) is 12.8 Å². The van der Waals surface area contributed by atoms with Gasteiger partial charge in [-0.25, -0.2) is 0 Å². The number of rotatable bonds is 6. The summed E-state index contributed by atoms with van der Waals surface area (Å²) in [6.07, 6.45) is -4.41. The third kappa shape index (κ3) is 5.77. The average Bonchev–Trinajstić information content (AvgIpc) is 2.55. The molecule has 1 atom stereocenters. The quantitative estimate of drug-likeness (QED) is 0.803. The highest BCUT2D eigenvalue weighted by molar-refractivity contribution is 6.30. The highest BCUT2D eigenvalue weighted by Crippen LogP contribution is 2.29. The fourth-order valence-corrected chi connectivity index (χ4v) is 2.45. The molecule has 0 aliphatic heterocycles. The summed E-state index contributed by atoms with van der Waals surface area (Å²) in [7, 11) is 0. The molecule has 2 rings (SSSR count). The Labute approximate surface area is 153 Å². The molecule has 0 unspecified atom stereocenters. The van der Waals surface area contributed by atoms with E-state index in [0.29, 0.717) is 10.6 Å².